The van der Waals surface area contributed by atoms with Gasteiger partial charge >= 0.3 is 0 Å². The molecule has 1 amide bonds. The van der Waals surface area contributed by atoms with Gasteiger partial charge in [0, 0.05) is 12.1 Å². The molecular weight excluding hydrogens is 262 g/mol. The van der Waals surface area contributed by atoms with E-state index in [1.54, 1.807) is 6.26 Å². The summed E-state index contributed by atoms with van der Waals surface area (Å²) in [7, 11) is 0. The molecule has 0 spiro atoms. The molecular formula is C18H21NO2. The van der Waals surface area contributed by atoms with Gasteiger partial charge < -0.3 is 9.32 Å². The number of nitrogens with zero attached hydrogens (tertiary/aromatic N) is 1. The molecule has 0 aliphatic carbocycles. The van der Waals surface area contributed by atoms with Crippen molar-refractivity contribution in [3.63, 3.8) is 0 Å². The normalized spacial score (nSPS) is 11.4. The first kappa shape index (κ1) is 15.1. The van der Waals surface area contributed by atoms with E-state index in [1.807, 2.05) is 67.3 Å². The molecule has 0 radical (unpaired) electrons. The highest BCUT2D eigenvalue weighted by Crippen LogP contribution is 2.14. The van der Waals surface area contributed by atoms with Gasteiger partial charge in [-0.15, -0.1) is 0 Å². The van der Waals surface area contributed by atoms with E-state index < -0.39 is 0 Å². The van der Waals surface area contributed by atoms with Crippen LogP contribution in [0.3, 0.4) is 0 Å². The van der Waals surface area contributed by atoms with E-state index in [4.69, 9.17) is 4.42 Å². The molecule has 1 heterocycles. The summed E-state index contributed by atoms with van der Waals surface area (Å²) in [5.41, 5.74) is 1.89. The Hall–Kier alpha value is -2.29. The molecule has 1 aromatic carbocycles. The molecule has 2 aromatic rings. The summed E-state index contributed by atoms with van der Waals surface area (Å²) in [5, 5.41) is 0. The molecule has 0 aliphatic rings. The molecule has 2 rings (SSSR count). The van der Waals surface area contributed by atoms with Crippen molar-refractivity contribution in [1.29, 1.82) is 0 Å². The van der Waals surface area contributed by atoms with Crippen LogP contribution in [0.4, 0.5) is 0 Å². The number of hydrogen-bond donors (Lipinski definition) is 0. The number of hydrogen-bond acceptors (Lipinski definition) is 2. The predicted molar refractivity (Wildman–Crippen MR) is 83.5 cm³/mol. The van der Waals surface area contributed by atoms with Gasteiger partial charge in [-0.1, -0.05) is 43.3 Å². The Kier molecular flexibility index (Phi) is 5.38. The number of amides is 1. The first-order valence-electron chi connectivity index (χ1n) is 7.23. The Balaban J connectivity index is 2.17. The van der Waals surface area contributed by atoms with E-state index in [2.05, 4.69) is 0 Å². The minimum atomic E-state index is 0.0529. The minimum absolute atomic E-state index is 0.0529. The largest absolute Gasteiger partial charge is 0.467 e. The maximum Gasteiger partial charge on any atom is 0.249 e. The smallest absolute Gasteiger partial charge is 0.249 e. The van der Waals surface area contributed by atoms with Crippen LogP contribution in [0.25, 0.3) is 0 Å². The Morgan fingerprint density at radius 2 is 1.90 bits per heavy atom. The zero-order valence-electron chi connectivity index (χ0n) is 12.6. The molecule has 0 unspecified atom stereocenters. The number of carbonyl (C=O) groups excluding carboxylic acids is 1. The molecule has 3 heteroatoms. The summed E-state index contributed by atoms with van der Waals surface area (Å²) in [5.74, 6) is 0.848. The van der Waals surface area contributed by atoms with Gasteiger partial charge in [0.25, 0.3) is 0 Å². The highest BCUT2D eigenvalue weighted by molar-refractivity contribution is 5.92. The molecule has 21 heavy (non-hydrogen) atoms. The summed E-state index contributed by atoms with van der Waals surface area (Å²) in [4.78, 5) is 14.4. The molecule has 0 atom stereocenters. The average molecular weight is 283 g/mol. The molecule has 3 nitrogen and oxygen atoms in total. The summed E-state index contributed by atoms with van der Waals surface area (Å²) in [6, 6.07) is 13.7. The third-order valence-corrected chi connectivity index (χ3v) is 3.28. The van der Waals surface area contributed by atoms with Crippen molar-refractivity contribution in [3.05, 3.63) is 71.7 Å². The second-order valence-corrected chi connectivity index (χ2v) is 5.02. The maximum atomic E-state index is 12.6. The second-order valence-electron chi connectivity index (χ2n) is 5.02. The molecule has 0 bridgehead atoms. The highest BCUT2D eigenvalue weighted by Gasteiger charge is 2.17. The molecule has 0 saturated carbocycles. The summed E-state index contributed by atoms with van der Waals surface area (Å²) in [6.45, 7) is 4.96. The predicted octanol–water partition coefficient (Wildman–Crippen LogP) is 4.16. The average Bonchev–Trinajstić information content (AvgIpc) is 3.00. The summed E-state index contributed by atoms with van der Waals surface area (Å²) >= 11 is 0. The van der Waals surface area contributed by atoms with Gasteiger partial charge in [-0.3, -0.25) is 4.79 Å². The third kappa shape index (κ3) is 4.35. The SMILES string of the molecule is CCC=C(C)C(=O)N(Cc1ccccc1)Cc1ccco1. The van der Waals surface area contributed by atoms with Crippen molar-refractivity contribution in [2.75, 3.05) is 0 Å². The van der Waals surface area contributed by atoms with Crippen LogP contribution in [0, 0.1) is 0 Å². The van der Waals surface area contributed by atoms with Crippen molar-refractivity contribution < 1.29 is 9.21 Å². The Morgan fingerprint density at radius 3 is 2.52 bits per heavy atom. The Morgan fingerprint density at radius 1 is 1.14 bits per heavy atom. The van der Waals surface area contributed by atoms with Gasteiger partial charge in [-0.2, -0.15) is 0 Å². The van der Waals surface area contributed by atoms with Gasteiger partial charge in [0.1, 0.15) is 5.76 Å². The van der Waals surface area contributed by atoms with Crippen LogP contribution in [-0.4, -0.2) is 10.8 Å². The van der Waals surface area contributed by atoms with Gasteiger partial charge in [-0.05, 0) is 31.0 Å². The standard InChI is InChI=1S/C18H21NO2/c1-3-8-15(2)18(20)19(14-17-11-7-12-21-17)13-16-9-5-4-6-10-16/h4-12H,3,13-14H2,1-2H3. The van der Waals surface area contributed by atoms with Gasteiger partial charge in [0.2, 0.25) is 5.91 Å². The Labute approximate surface area is 125 Å². The lowest BCUT2D eigenvalue weighted by molar-refractivity contribution is -0.128. The van der Waals surface area contributed by atoms with Crippen molar-refractivity contribution in [1.82, 2.24) is 4.90 Å². The van der Waals surface area contributed by atoms with Crippen LogP contribution in [-0.2, 0) is 17.9 Å². The number of rotatable bonds is 6. The van der Waals surface area contributed by atoms with E-state index in [9.17, 15) is 4.79 Å². The van der Waals surface area contributed by atoms with E-state index in [0.29, 0.717) is 13.1 Å². The first-order valence-corrected chi connectivity index (χ1v) is 7.23. The van der Waals surface area contributed by atoms with Crippen molar-refractivity contribution in [2.45, 2.75) is 33.4 Å². The Bertz CT molecular complexity index is 585. The second kappa shape index (κ2) is 7.48. The van der Waals surface area contributed by atoms with Gasteiger partial charge in [0.15, 0.2) is 0 Å². The molecule has 110 valence electrons. The van der Waals surface area contributed by atoms with Crippen LogP contribution in [0.1, 0.15) is 31.6 Å². The van der Waals surface area contributed by atoms with Crippen molar-refractivity contribution in [3.8, 4) is 0 Å². The molecule has 1 aromatic heterocycles. The minimum Gasteiger partial charge on any atom is -0.467 e. The van der Waals surface area contributed by atoms with Crippen LogP contribution < -0.4 is 0 Å². The molecule has 0 aliphatic heterocycles. The van der Waals surface area contributed by atoms with Gasteiger partial charge in [0.05, 0.1) is 12.8 Å². The zero-order valence-corrected chi connectivity index (χ0v) is 12.6. The van der Waals surface area contributed by atoms with E-state index in [0.717, 1.165) is 23.3 Å². The van der Waals surface area contributed by atoms with Crippen LogP contribution in [0.5, 0.6) is 0 Å². The molecule has 0 saturated heterocycles. The highest BCUT2D eigenvalue weighted by atomic mass is 16.3. The molecule has 0 fully saturated rings. The fourth-order valence-corrected chi connectivity index (χ4v) is 2.24. The fraction of sp³-hybridized carbons (Fsp3) is 0.278. The number of allylic oxidation sites excluding steroid dienone is 1. The first-order chi connectivity index (χ1) is 10.2. The van der Waals surface area contributed by atoms with Crippen molar-refractivity contribution in [2.24, 2.45) is 0 Å². The lowest BCUT2D eigenvalue weighted by atomic mass is 10.1. The number of furan rings is 1. The van der Waals surface area contributed by atoms with Crippen LogP contribution in [0.2, 0.25) is 0 Å². The van der Waals surface area contributed by atoms with E-state index in [-0.39, 0.29) is 5.91 Å². The lowest BCUT2D eigenvalue weighted by Gasteiger charge is -2.22. The van der Waals surface area contributed by atoms with E-state index >= 15 is 0 Å². The van der Waals surface area contributed by atoms with Crippen LogP contribution in [0.15, 0.2) is 64.8 Å². The van der Waals surface area contributed by atoms with E-state index in [1.165, 1.54) is 0 Å². The summed E-state index contributed by atoms with van der Waals surface area (Å²) < 4.78 is 5.38. The van der Waals surface area contributed by atoms with Crippen molar-refractivity contribution >= 4 is 5.91 Å². The number of carbonyl (C=O) groups is 1. The monoisotopic (exact) mass is 283 g/mol. The maximum absolute atomic E-state index is 12.6. The quantitative estimate of drug-likeness (QED) is 0.746. The topological polar surface area (TPSA) is 33.5 Å². The number of benzene rings is 1. The lowest BCUT2D eigenvalue weighted by Crippen LogP contribution is -2.30. The van der Waals surface area contributed by atoms with Gasteiger partial charge in [-0.25, -0.2) is 0 Å². The molecule has 0 N–H and O–H groups in total. The fourth-order valence-electron chi connectivity index (χ4n) is 2.24. The third-order valence-electron chi connectivity index (χ3n) is 3.28. The van der Waals surface area contributed by atoms with Crippen LogP contribution >= 0.6 is 0 Å². The zero-order chi connectivity index (χ0) is 15.1. The summed E-state index contributed by atoms with van der Waals surface area (Å²) in [6.07, 6.45) is 4.45.